The molecular weight excluding hydrogens is 232 g/mol. The molecule has 0 aliphatic rings. The molecule has 0 unspecified atom stereocenters. The van der Waals surface area contributed by atoms with Crippen molar-refractivity contribution in [1.82, 2.24) is 19.6 Å². The molecule has 3 aromatic rings. The van der Waals surface area contributed by atoms with E-state index in [1.54, 1.807) is 7.11 Å². The monoisotopic (exact) mass is 242 g/mol. The summed E-state index contributed by atoms with van der Waals surface area (Å²) in [5.74, 6) is 1.07. The maximum atomic E-state index is 11.8. The van der Waals surface area contributed by atoms with E-state index in [0.29, 0.717) is 11.5 Å². The Morgan fingerprint density at radius 3 is 3.06 bits per heavy atom. The third-order valence-corrected chi connectivity index (χ3v) is 2.63. The predicted octanol–water partition coefficient (Wildman–Crippen LogP) is 1.09. The lowest BCUT2D eigenvalue weighted by Gasteiger charge is -2.03. The second kappa shape index (κ2) is 3.99. The molecule has 6 heteroatoms. The van der Waals surface area contributed by atoms with Gasteiger partial charge in [-0.2, -0.15) is 4.52 Å². The Bertz CT molecular complexity index is 760. The molecule has 0 atom stereocenters. The number of nitrogens with one attached hydrogen (secondary N) is 1. The van der Waals surface area contributed by atoms with Crippen molar-refractivity contribution in [2.75, 3.05) is 7.11 Å². The van der Waals surface area contributed by atoms with E-state index in [-0.39, 0.29) is 5.56 Å². The van der Waals surface area contributed by atoms with Crippen molar-refractivity contribution < 1.29 is 4.74 Å². The standard InChI is InChI=1S/C12H10N4O2/c1-18-9-4-2-3-8(5-9)10-6-11(17)16-12(15-10)13-7-14-16/h2-7H,1H3,(H,13,14,15). The highest BCUT2D eigenvalue weighted by Crippen LogP contribution is 2.21. The number of benzene rings is 1. The Hall–Kier alpha value is -2.63. The molecule has 0 saturated heterocycles. The topological polar surface area (TPSA) is 72.3 Å². The number of nitrogens with zero attached hydrogens (tertiary/aromatic N) is 3. The van der Waals surface area contributed by atoms with Gasteiger partial charge in [-0.1, -0.05) is 12.1 Å². The van der Waals surface area contributed by atoms with E-state index in [9.17, 15) is 4.79 Å². The fourth-order valence-electron chi connectivity index (χ4n) is 1.75. The second-order valence-electron chi connectivity index (χ2n) is 3.73. The number of hydrogen-bond acceptors (Lipinski definition) is 4. The lowest BCUT2D eigenvalue weighted by molar-refractivity contribution is 0.415. The molecule has 1 N–H and O–H groups in total. The van der Waals surface area contributed by atoms with Gasteiger partial charge in [0.2, 0.25) is 0 Å². The number of fused-ring (bicyclic) bond motifs is 1. The number of ether oxygens (including phenoxy) is 1. The Morgan fingerprint density at radius 1 is 1.33 bits per heavy atom. The van der Waals surface area contributed by atoms with Crippen LogP contribution >= 0.6 is 0 Å². The second-order valence-corrected chi connectivity index (χ2v) is 3.73. The molecule has 2 aromatic heterocycles. The lowest BCUT2D eigenvalue weighted by Crippen LogP contribution is -2.14. The molecule has 0 radical (unpaired) electrons. The minimum Gasteiger partial charge on any atom is -0.497 e. The van der Waals surface area contributed by atoms with Gasteiger partial charge in [0.1, 0.15) is 12.1 Å². The maximum Gasteiger partial charge on any atom is 0.274 e. The fourth-order valence-corrected chi connectivity index (χ4v) is 1.75. The Morgan fingerprint density at radius 2 is 2.22 bits per heavy atom. The summed E-state index contributed by atoms with van der Waals surface area (Å²) in [5, 5.41) is 2.69. The van der Waals surface area contributed by atoms with Crippen LogP contribution in [0, 0.1) is 0 Å². The van der Waals surface area contributed by atoms with Gasteiger partial charge in [0, 0.05) is 11.6 Å². The van der Waals surface area contributed by atoms with E-state index in [1.165, 1.54) is 16.9 Å². The zero-order chi connectivity index (χ0) is 12.5. The van der Waals surface area contributed by atoms with Gasteiger partial charge < -0.3 is 4.74 Å². The summed E-state index contributed by atoms with van der Waals surface area (Å²) in [7, 11) is 1.60. The number of aromatic amines is 1. The predicted molar refractivity (Wildman–Crippen MR) is 65.6 cm³/mol. The van der Waals surface area contributed by atoms with Gasteiger partial charge in [-0.15, -0.1) is 0 Å². The molecule has 0 aliphatic heterocycles. The zero-order valence-corrected chi connectivity index (χ0v) is 9.62. The molecule has 1 aromatic carbocycles. The van der Waals surface area contributed by atoms with E-state index in [1.807, 2.05) is 24.3 Å². The molecule has 6 nitrogen and oxygen atoms in total. The SMILES string of the molecule is COc1cccc(-c2cc(=O)n3[nH]cnc3n2)c1. The van der Waals surface area contributed by atoms with E-state index in [0.717, 1.165) is 11.3 Å². The van der Waals surface area contributed by atoms with Crippen LogP contribution in [0.2, 0.25) is 0 Å². The molecule has 0 saturated carbocycles. The largest absolute Gasteiger partial charge is 0.497 e. The van der Waals surface area contributed by atoms with E-state index >= 15 is 0 Å². The normalized spacial score (nSPS) is 10.7. The van der Waals surface area contributed by atoms with Crippen molar-refractivity contribution in [3.8, 4) is 17.0 Å². The van der Waals surface area contributed by atoms with Crippen molar-refractivity contribution in [1.29, 1.82) is 0 Å². The van der Waals surface area contributed by atoms with Gasteiger partial charge in [-0.3, -0.25) is 9.89 Å². The van der Waals surface area contributed by atoms with E-state index in [4.69, 9.17) is 4.74 Å². The summed E-state index contributed by atoms with van der Waals surface area (Å²) in [5.41, 5.74) is 1.19. The van der Waals surface area contributed by atoms with Crippen LogP contribution in [0.25, 0.3) is 17.0 Å². The number of H-pyrrole nitrogens is 1. The van der Waals surface area contributed by atoms with Crippen LogP contribution in [0.15, 0.2) is 41.5 Å². The Kier molecular flexibility index (Phi) is 2.33. The molecule has 0 aliphatic carbocycles. The van der Waals surface area contributed by atoms with Gasteiger partial charge in [0.05, 0.1) is 12.8 Å². The molecular formula is C12H10N4O2. The van der Waals surface area contributed by atoms with Gasteiger partial charge in [-0.25, -0.2) is 9.97 Å². The Balaban J connectivity index is 2.21. The zero-order valence-electron chi connectivity index (χ0n) is 9.62. The Labute approximate surface area is 102 Å². The van der Waals surface area contributed by atoms with E-state index in [2.05, 4.69) is 15.1 Å². The highest BCUT2D eigenvalue weighted by atomic mass is 16.5. The molecule has 0 spiro atoms. The first-order valence-electron chi connectivity index (χ1n) is 5.35. The van der Waals surface area contributed by atoms with Gasteiger partial charge in [0.25, 0.3) is 11.3 Å². The quantitative estimate of drug-likeness (QED) is 0.730. The van der Waals surface area contributed by atoms with Crippen molar-refractivity contribution in [2.24, 2.45) is 0 Å². The minimum atomic E-state index is -0.199. The van der Waals surface area contributed by atoms with Crippen molar-refractivity contribution in [2.45, 2.75) is 0 Å². The van der Waals surface area contributed by atoms with Crippen LogP contribution in [0.5, 0.6) is 5.75 Å². The van der Waals surface area contributed by atoms with Crippen molar-refractivity contribution >= 4 is 5.78 Å². The minimum absolute atomic E-state index is 0.199. The number of rotatable bonds is 2. The van der Waals surface area contributed by atoms with Gasteiger partial charge >= 0.3 is 0 Å². The van der Waals surface area contributed by atoms with Crippen LogP contribution in [-0.2, 0) is 0 Å². The molecule has 0 amide bonds. The summed E-state index contributed by atoms with van der Waals surface area (Å²) >= 11 is 0. The number of aromatic nitrogens is 4. The number of methoxy groups -OCH3 is 1. The summed E-state index contributed by atoms with van der Waals surface area (Å²) in [4.78, 5) is 20.1. The van der Waals surface area contributed by atoms with Crippen LogP contribution in [0.4, 0.5) is 0 Å². The molecule has 0 fully saturated rings. The average molecular weight is 242 g/mol. The van der Waals surface area contributed by atoms with Crippen LogP contribution in [0.1, 0.15) is 0 Å². The highest BCUT2D eigenvalue weighted by Gasteiger charge is 2.06. The third kappa shape index (κ3) is 1.64. The van der Waals surface area contributed by atoms with Gasteiger partial charge in [0.15, 0.2) is 0 Å². The summed E-state index contributed by atoms with van der Waals surface area (Å²) in [6.07, 6.45) is 1.43. The molecule has 3 rings (SSSR count). The summed E-state index contributed by atoms with van der Waals surface area (Å²) in [6, 6.07) is 8.84. The van der Waals surface area contributed by atoms with Crippen molar-refractivity contribution in [3.63, 3.8) is 0 Å². The maximum absolute atomic E-state index is 11.8. The first kappa shape index (κ1) is 10.5. The fraction of sp³-hybridized carbons (Fsp3) is 0.0833. The first-order chi connectivity index (χ1) is 8.78. The average Bonchev–Trinajstić information content (AvgIpc) is 2.87. The van der Waals surface area contributed by atoms with Crippen LogP contribution in [0.3, 0.4) is 0 Å². The summed E-state index contributed by atoms with van der Waals surface area (Å²) < 4.78 is 6.43. The summed E-state index contributed by atoms with van der Waals surface area (Å²) in [6.45, 7) is 0. The smallest absolute Gasteiger partial charge is 0.274 e. The highest BCUT2D eigenvalue weighted by molar-refractivity contribution is 5.62. The molecule has 2 heterocycles. The van der Waals surface area contributed by atoms with Gasteiger partial charge in [-0.05, 0) is 12.1 Å². The van der Waals surface area contributed by atoms with Crippen molar-refractivity contribution in [3.05, 3.63) is 47.0 Å². The molecule has 18 heavy (non-hydrogen) atoms. The first-order valence-corrected chi connectivity index (χ1v) is 5.35. The van der Waals surface area contributed by atoms with Crippen LogP contribution in [-0.4, -0.2) is 26.7 Å². The molecule has 90 valence electrons. The molecule has 0 bridgehead atoms. The number of hydrogen-bond donors (Lipinski definition) is 1. The lowest BCUT2D eigenvalue weighted by atomic mass is 10.1. The van der Waals surface area contributed by atoms with Crippen LogP contribution < -0.4 is 10.3 Å². The third-order valence-electron chi connectivity index (χ3n) is 2.63. The van der Waals surface area contributed by atoms with E-state index < -0.39 is 0 Å².